The fraction of sp³-hybridized carbons (Fsp3) is 0. The van der Waals surface area contributed by atoms with E-state index in [1.807, 2.05) is 0 Å². The van der Waals surface area contributed by atoms with Crippen molar-refractivity contribution in [2.75, 3.05) is 0 Å². The highest BCUT2D eigenvalue weighted by molar-refractivity contribution is 8.13. The molecule has 0 saturated heterocycles. The Morgan fingerprint density at radius 3 is 2.53 bits per heavy atom. The summed E-state index contributed by atoms with van der Waals surface area (Å²) in [5, 5.41) is 0. The number of hydrogen-bond acceptors (Lipinski definition) is 3. The van der Waals surface area contributed by atoms with Gasteiger partial charge in [0.05, 0.1) is 0 Å². The molecule has 0 spiro atoms. The lowest BCUT2D eigenvalue weighted by molar-refractivity contribution is 0.576. The molecule has 3 nitrogen and oxygen atoms in total. The zero-order chi connectivity index (χ0) is 12.5. The molecular formula is C11H7ClFNO2S. The van der Waals surface area contributed by atoms with Gasteiger partial charge in [-0.1, -0.05) is 18.2 Å². The molecule has 0 bridgehead atoms. The van der Waals surface area contributed by atoms with Crippen LogP contribution in [-0.2, 0) is 9.05 Å². The smallest absolute Gasteiger partial charge is 0.264 e. The van der Waals surface area contributed by atoms with Crippen molar-refractivity contribution in [3.8, 4) is 11.1 Å². The molecule has 0 atom stereocenters. The van der Waals surface area contributed by atoms with Crippen LogP contribution in [0.15, 0.2) is 47.6 Å². The third-order valence-electron chi connectivity index (χ3n) is 2.18. The predicted molar refractivity (Wildman–Crippen MR) is 62.7 cm³/mol. The SMILES string of the molecule is O=S(=O)(Cl)c1c(F)cccc1-c1cccnc1. The van der Waals surface area contributed by atoms with Gasteiger partial charge >= 0.3 is 0 Å². The maximum Gasteiger partial charge on any atom is 0.264 e. The summed E-state index contributed by atoms with van der Waals surface area (Å²) in [6.07, 6.45) is 2.98. The first kappa shape index (κ1) is 12.0. The lowest BCUT2D eigenvalue weighted by Crippen LogP contribution is -1.99. The van der Waals surface area contributed by atoms with Gasteiger partial charge in [0.1, 0.15) is 10.7 Å². The molecule has 0 saturated carbocycles. The Labute approximate surface area is 102 Å². The summed E-state index contributed by atoms with van der Waals surface area (Å²) in [5.74, 6) is -0.874. The first-order valence-electron chi connectivity index (χ1n) is 4.64. The van der Waals surface area contributed by atoms with E-state index in [9.17, 15) is 12.8 Å². The van der Waals surface area contributed by atoms with E-state index in [1.165, 1.54) is 24.5 Å². The van der Waals surface area contributed by atoms with Crippen molar-refractivity contribution in [2.45, 2.75) is 4.90 Å². The quantitative estimate of drug-likeness (QED) is 0.789. The first-order chi connectivity index (χ1) is 8.00. The van der Waals surface area contributed by atoms with Crippen molar-refractivity contribution >= 4 is 19.7 Å². The summed E-state index contributed by atoms with van der Waals surface area (Å²) < 4.78 is 36.3. The minimum absolute atomic E-state index is 0.202. The Morgan fingerprint density at radius 1 is 1.18 bits per heavy atom. The molecule has 6 heteroatoms. The second kappa shape index (κ2) is 4.43. The highest BCUT2D eigenvalue weighted by atomic mass is 35.7. The lowest BCUT2D eigenvalue weighted by Gasteiger charge is -2.07. The Balaban J connectivity index is 2.76. The summed E-state index contributed by atoms with van der Waals surface area (Å²) in [5.41, 5.74) is 0.694. The minimum Gasteiger partial charge on any atom is -0.264 e. The maximum atomic E-state index is 13.5. The third kappa shape index (κ3) is 2.45. The molecular weight excluding hydrogens is 265 g/mol. The van der Waals surface area contributed by atoms with Gasteiger partial charge in [0.25, 0.3) is 9.05 Å². The number of benzene rings is 1. The van der Waals surface area contributed by atoms with Gasteiger partial charge in [0.2, 0.25) is 0 Å². The van der Waals surface area contributed by atoms with Crippen molar-refractivity contribution in [1.82, 2.24) is 4.98 Å². The van der Waals surface area contributed by atoms with Crippen LogP contribution in [0.1, 0.15) is 0 Å². The summed E-state index contributed by atoms with van der Waals surface area (Å²) in [4.78, 5) is 3.33. The molecule has 0 aliphatic carbocycles. The summed E-state index contributed by atoms with van der Waals surface area (Å²) in [6, 6.07) is 7.21. The monoisotopic (exact) mass is 271 g/mol. The number of halogens is 2. The van der Waals surface area contributed by atoms with Gasteiger partial charge in [0, 0.05) is 34.2 Å². The van der Waals surface area contributed by atoms with E-state index in [2.05, 4.69) is 4.98 Å². The van der Waals surface area contributed by atoms with E-state index in [1.54, 1.807) is 12.1 Å². The predicted octanol–water partition coefficient (Wildman–Crippen LogP) is 2.82. The third-order valence-corrected chi connectivity index (χ3v) is 3.55. The molecule has 1 aromatic heterocycles. The van der Waals surface area contributed by atoms with E-state index in [0.717, 1.165) is 6.07 Å². The van der Waals surface area contributed by atoms with Crippen LogP contribution in [0, 0.1) is 5.82 Å². The Kier molecular flexibility index (Phi) is 3.13. The highest BCUT2D eigenvalue weighted by Crippen LogP contribution is 2.31. The molecule has 2 rings (SSSR count). The summed E-state index contributed by atoms with van der Waals surface area (Å²) in [7, 11) is 1.09. The summed E-state index contributed by atoms with van der Waals surface area (Å²) >= 11 is 0. The van der Waals surface area contributed by atoms with E-state index in [4.69, 9.17) is 10.7 Å². The van der Waals surface area contributed by atoms with Gasteiger partial charge in [-0.2, -0.15) is 0 Å². The average molecular weight is 272 g/mol. The fourth-order valence-corrected chi connectivity index (χ4v) is 2.73. The van der Waals surface area contributed by atoms with Crippen LogP contribution >= 0.6 is 10.7 Å². The van der Waals surface area contributed by atoms with Gasteiger partial charge in [-0.25, -0.2) is 12.8 Å². The molecule has 0 aliphatic rings. The van der Waals surface area contributed by atoms with Crippen LogP contribution in [0.2, 0.25) is 0 Å². The van der Waals surface area contributed by atoms with Crippen LogP contribution in [0.3, 0.4) is 0 Å². The van der Waals surface area contributed by atoms with Gasteiger partial charge < -0.3 is 0 Å². The van der Waals surface area contributed by atoms with Gasteiger partial charge in [-0.05, 0) is 12.1 Å². The van der Waals surface area contributed by atoms with E-state index >= 15 is 0 Å². The van der Waals surface area contributed by atoms with Gasteiger partial charge in [0.15, 0.2) is 0 Å². The second-order valence-electron chi connectivity index (χ2n) is 3.30. The Morgan fingerprint density at radius 2 is 1.94 bits per heavy atom. The number of rotatable bonds is 2. The van der Waals surface area contributed by atoms with Crippen LogP contribution in [0.4, 0.5) is 4.39 Å². The van der Waals surface area contributed by atoms with Crippen LogP contribution in [-0.4, -0.2) is 13.4 Å². The molecule has 17 heavy (non-hydrogen) atoms. The number of aromatic nitrogens is 1. The van der Waals surface area contributed by atoms with Crippen molar-refractivity contribution < 1.29 is 12.8 Å². The zero-order valence-corrected chi connectivity index (χ0v) is 10.0. The average Bonchev–Trinajstić information content (AvgIpc) is 2.28. The number of pyridine rings is 1. The summed E-state index contributed by atoms with van der Waals surface area (Å²) in [6.45, 7) is 0. The van der Waals surface area contributed by atoms with Crippen molar-refractivity contribution in [3.63, 3.8) is 0 Å². The van der Waals surface area contributed by atoms with E-state index < -0.39 is 19.8 Å². The van der Waals surface area contributed by atoms with E-state index in [-0.39, 0.29) is 5.56 Å². The largest absolute Gasteiger partial charge is 0.264 e. The molecule has 0 unspecified atom stereocenters. The van der Waals surface area contributed by atoms with Crippen molar-refractivity contribution in [1.29, 1.82) is 0 Å². The van der Waals surface area contributed by atoms with E-state index in [0.29, 0.717) is 5.56 Å². The first-order valence-corrected chi connectivity index (χ1v) is 6.94. The van der Waals surface area contributed by atoms with Crippen LogP contribution < -0.4 is 0 Å². The zero-order valence-electron chi connectivity index (χ0n) is 8.47. The lowest BCUT2D eigenvalue weighted by atomic mass is 10.1. The molecule has 0 aliphatic heterocycles. The normalized spacial score (nSPS) is 11.4. The molecule has 1 heterocycles. The number of hydrogen-bond donors (Lipinski definition) is 0. The number of nitrogens with zero attached hydrogens (tertiary/aromatic N) is 1. The maximum absolute atomic E-state index is 13.5. The van der Waals surface area contributed by atoms with Crippen LogP contribution in [0.25, 0.3) is 11.1 Å². The van der Waals surface area contributed by atoms with Gasteiger partial charge in [-0.15, -0.1) is 0 Å². The Hall–Kier alpha value is -1.46. The molecule has 0 amide bonds. The highest BCUT2D eigenvalue weighted by Gasteiger charge is 2.21. The van der Waals surface area contributed by atoms with Crippen LogP contribution in [0.5, 0.6) is 0 Å². The molecule has 0 radical (unpaired) electrons. The Bertz CT molecular complexity index is 644. The molecule has 0 fully saturated rings. The molecule has 88 valence electrons. The second-order valence-corrected chi connectivity index (χ2v) is 5.80. The molecule has 1 aromatic carbocycles. The standard InChI is InChI=1S/C11H7ClFNO2S/c12-17(15,16)11-9(4-1-5-10(11)13)8-3-2-6-14-7-8/h1-7H. The molecule has 0 N–H and O–H groups in total. The molecule has 2 aromatic rings. The fourth-order valence-electron chi connectivity index (χ4n) is 1.51. The van der Waals surface area contributed by atoms with Gasteiger partial charge in [-0.3, -0.25) is 4.98 Å². The minimum atomic E-state index is -4.14. The van der Waals surface area contributed by atoms with Crippen molar-refractivity contribution in [3.05, 3.63) is 48.5 Å². The topological polar surface area (TPSA) is 47.0 Å². The van der Waals surface area contributed by atoms with Crippen molar-refractivity contribution in [2.24, 2.45) is 0 Å².